The predicted molar refractivity (Wildman–Crippen MR) is 115 cm³/mol. The second-order valence-electron chi connectivity index (χ2n) is 7.09. The predicted octanol–water partition coefficient (Wildman–Crippen LogP) is 3.43. The van der Waals surface area contributed by atoms with Gasteiger partial charge in [-0.05, 0) is 26.3 Å². The number of nitrogens with two attached hydrogens (primary N) is 1. The molecule has 0 aliphatic rings. The van der Waals surface area contributed by atoms with Gasteiger partial charge in [0.15, 0.2) is 18.1 Å². The van der Waals surface area contributed by atoms with Crippen molar-refractivity contribution < 1.29 is 18.8 Å². The highest BCUT2D eigenvalue weighted by Gasteiger charge is 2.26. The van der Waals surface area contributed by atoms with E-state index >= 15 is 0 Å². The first-order valence-electron chi connectivity index (χ1n) is 9.20. The first kappa shape index (κ1) is 19.7. The third-order valence-corrected chi connectivity index (χ3v) is 5.83. The molecule has 0 unspecified atom stereocenters. The van der Waals surface area contributed by atoms with Crippen molar-refractivity contribution in [2.24, 2.45) is 7.05 Å². The molecule has 8 nitrogen and oxygen atoms in total. The Morgan fingerprint density at radius 2 is 2.03 bits per heavy atom. The van der Waals surface area contributed by atoms with Crippen molar-refractivity contribution in [1.82, 2.24) is 10.3 Å². The lowest BCUT2D eigenvalue weighted by Crippen LogP contribution is -2.28. The zero-order valence-corrected chi connectivity index (χ0v) is 17.8. The molecular formula is C21H20N5O3S+. The molecule has 3 heterocycles. The van der Waals surface area contributed by atoms with E-state index in [0.29, 0.717) is 31.9 Å². The number of nitrogens with zero attached hydrogens (tertiary/aromatic N) is 3. The molecule has 0 saturated carbocycles. The van der Waals surface area contributed by atoms with Gasteiger partial charge in [-0.3, -0.25) is 19.4 Å². The van der Waals surface area contributed by atoms with E-state index in [-0.39, 0.29) is 17.4 Å². The number of nitrogen functional groups attached to an aromatic ring is 1. The third-order valence-electron chi connectivity index (χ3n) is 4.73. The molecule has 0 radical (unpaired) electrons. The Bertz CT molecular complexity index is 1320. The maximum Gasteiger partial charge on any atom is 0.302 e. The summed E-state index contributed by atoms with van der Waals surface area (Å²) in [6.45, 7) is 5.28. The van der Waals surface area contributed by atoms with Gasteiger partial charge >= 0.3 is 5.88 Å². The number of fused-ring (bicyclic) bond motifs is 1. The number of Topliss-reactive ketones (excluding diaryl/α,β-unsaturated/α-hetero) is 1. The summed E-state index contributed by atoms with van der Waals surface area (Å²) >= 11 is 1.18. The van der Waals surface area contributed by atoms with Crippen molar-refractivity contribution in [3.8, 4) is 11.1 Å². The lowest BCUT2D eigenvalue weighted by atomic mass is 9.92. The highest BCUT2D eigenvalue weighted by Crippen LogP contribution is 2.42. The van der Waals surface area contributed by atoms with Crippen LogP contribution in [0.3, 0.4) is 0 Å². The van der Waals surface area contributed by atoms with E-state index in [4.69, 9.17) is 10.3 Å². The van der Waals surface area contributed by atoms with E-state index in [1.165, 1.54) is 29.1 Å². The Hall–Kier alpha value is -3.59. The number of thiophene rings is 1. The van der Waals surface area contributed by atoms with E-state index in [9.17, 15) is 9.59 Å². The summed E-state index contributed by atoms with van der Waals surface area (Å²) in [4.78, 5) is 30.8. The Labute approximate surface area is 176 Å². The second-order valence-corrected chi connectivity index (χ2v) is 8.09. The summed E-state index contributed by atoms with van der Waals surface area (Å²) in [5, 5.41) is 6.94. The van der Waals surface area contributed by atoms with E-state index in [0.717, 1.165) is 11.1 Å². The summed E-state index contributed by atoms with van der Waals surface area (Å²) < 4.78 is 6.47. The quantitative estimate of drug-likeness (QED) is 0.385. The van der Waals surface area contributed by atoms with Gasteiger partial charge in [0.05, 0.1) is 11.4 Å². The minimum absolute atomic E-state index is 0.107. The molecule has 9 heteroatoms. The van der Waals surface area contributed by atoms with Gasteiger partial charge in [0.2, 0.25) is 0 Å². The van der Waals surface area contributed by atoms with Crippen molar-refractivity contribution in [3.63, 3.8) is 0 Å². The Kier molecular flexibility index (Phi) is 4.83. The molecule has 1 amide bonds. The van der Waals surface area contributed by atoms with Gasteiger partial charge < -0.3 is 5.73 Å². The van der Waals surface area contributed by atoms with Crippen LogP contribution in [0.1, 0.15) is 38.2 Å². The van der Waals surface area contributed by atoms with Gasteiger partial charge in [-0.15, -0.1) is 11.3 Å². The first-order valence-corrected chi connectivity index (χ1v) is 10.0. The van der Waals surface area contributed by atoms with E-state index < -0.39 is 5.91 Å². The number of nitrogens with one attached hydrogen (secondary N) is 1. The number of aromatic nitrogens is 3. The molecule has 152 valence electrons. The van der Waals surface area contributed by atoms with Crippen LogP contribution in [0, 0.1) is 13.8 Å². The number of hydrogen-bond donors (Lipinski definition) is 2. The third kappa shape index (κ3) is 3.33. The number of pyridine rings is 1. The zero-order chi connectivity index (χ0) is 21.6. The largest absolute Gasteiger partial charge is 0.397 e. The molecule has 4 aromatic rings. The van der Waals surface area contributed by atoms with Crippen LogP contribution in [-0.4, -0.2) is 21.9 Å². The number of hydrogen-bond acceptors (Lipinski definition) is 7. The van der Waals surface area contributed by atoms with Crippen LogP contribution in [0.15, 0.2) is 35.0 Å². The fraction of sp³-hybridized carbons (Fsp3) is 0.190. The van der Waals surface area contributed by atoms with Gasteiger partial charge in [0, 0.05) is 16.5 Å². The molecule has 30 heavy (non-hydrogen) atoms. The van der Waals surface area contributed by atoms with Crippen LogP contribution >= 0.6 is 11.3 Å². The van der Waals surface area contributed by atoms with Gasteiger partial charge in [0.1, 0.15) is 9.71 Å². The van der Waals surface area contributed by atoms with Crippen molar-refractivity contribution in [2.75, 3.05) is 11.1 Å². The first-order chi connectivity index (χ1) is 14.3. The molecular weight excluding hydrogens is 402 g/mol. The number of carbonyl (C=O) groups excluding carboxylic acids is 2. The Balaban J connectivity index is 1.95. The van der Waals surface area contributed by atoms with Crippen molar-refractivity contribution in [3.05, 3.63) is 52.2 Å². The van der Waals surface area contributed by atoms with Gasteiger partial charge in [-0.1, -0.05) is 34.5 Å². The maximum atomic E-state index is 12.8. The molecule has 3 N–H and O–H groups in total. The SMILES string of the molecule is CC(=O)c1c(C)nc2sc(C(=O)Nc3c[n+](C)no3)c(N)c2c1-c1cccc(C)c1. The number of anilines is 2. The molecule has 3 aromatic heterocycles. The lowest BCUT2D eigenvalue weighted by Gasteiger charge is -2.13. The van der Waals surface area contributed by atoms with Crippen molar-refractivity contribution in [1.29, 1.82) is 0 Å². The number of aryl methyl sites for hydroxylation is 3. The minimum Gasteiger partial charge on any atom is -0.397 e. The topological polar surface area (TPSA) is 115 Å². The number of rotatable bonds is 4. The highest BCUT2D eigenvalue weighted by atomic mass is 32.1. The molecule has 4 rings (SSSR count). The van der Waals surface area contributed by atoms with Gasteiger partial charge in [-0.2, -0.15) is 0 Å². The summed E-state index contributed by atoms with van der Waals surface area (Å²) in [6, 6.07) is 7.83. The van der Waals surface area contributed by atoms with Crippen molar-refractivity contribution >= 4 is 44.8 Å². The monoisotopic (exact) mass is 422 g/mol. The highest BCUT2D eigenvalue weighted by molar-refractivity contribution is 7.21. The number of benzene rings is 1. The number of carbonyl (C=O) groups is 2. The number of amides is 1. The second kappa shape index (κ2) is 7.34. The molecule has 0 fully saturated rings. The maximum absolute atomic E-state index is 12.8. The van der Waals surface area contributed by atoms with Crippen LogP contribution in [0.2, 0.25) is 0 Å². The summed E-state index contributed by atoms with van der Waals surface area (Å²) in [5.41, 5.74) is 10.4. The summed E-state index contributed by atoms with van der Waals surface area (Å²) in [6.07, 6.45) is 1.54. The molecule has 0 atom stereocenters. The average Bonchev–Trinajstić information content (AvgIpc) is 3.23. The molecule has 0 aliphatic carbocycles. The minimum atomic E-state index is -0.426. The van der Waals surface area contributed by atoms with E-state index in [2.05, 4.69) is 15.6 Å². The average molecular weight is 422 g/mol. The fourth-order valence-electron chi connectivity index (χ4n) is 3.50. The van der Waals surface area contributed by atoms with Crippen LogP contribution in [0.25, 0.3) is 21.3 Å². The Morgan fingerprint density at radius 1 is 1.27 bits per heavy atom. The molecule has 0 spiro atoms. The van der Waals surface area contributed by atoms with Gasteiger partial charge in [0.25, 0.3) is 12.1 Å². The Morgan fingerprint density at radius 3 is 2.67 bits per heavy atom. The van der Waals surface area contributed by atoms with Crippen LogP contribution in [0.4, 0.5) is 11.6 Å². The van der Waals surface area contributed by atoms with E-state index in [1.807, 2.05) is 31.2 Å². The molecule has 1 aromatic carbocycles. The molecule has 0 saturated heterocycles. The molecule has 0 bridgehead atoms. The normalized spacial score (nSPS) is 11.1. The van der Waals surface area contributed by atoms with Crippen molar-refractivity contribution in [2.45, 2.75) is 20.8 Å². The smallest absolute Gasteiger partial charge is 0.302 e. The van der Waals surface area contributed by atoms with Crippen LogP contribution in [0.5, 0.6) is 0 Å². The summed E-state index contributed by atoms with van der Waals surface area (Å²) in [7, 11) is 1.68. The summed E-state index contributed by atoms with van der Waals surface area (Å²) in [5.74, 6) is -0.333. The molecule has 0 aliphatic heterocycles. The van der Waals surface area contributed by atoms with Crippen LogP contribution < -0.4 is 15.7 Å². The van der Waals surface area contributed by atoms with Gasteiger partial charge in [-0.25, -0.2) is 4.98 Å². The fourth-order valence-corrected chi connectivity index (χ4v) is 4.55. The zero-order valence-electron chi connectivity index (χ0n) is 16.9. The van der Waals surface area contributed by atoms with Crippen LogP contribution in [-0.2, 0) is 7.05 Å². The number of ketones is 1. The standard InChI is InChI=1S/C21H19N5O3S/c1-10-6-5-7-13(8-10)16-15(12(3)27)11(2)23-21-17(16)18(22)19(30-21)20(28)24-14-9-26(4)25-29-14/h5-9H,1-4H3,(H2-,22,24,25,28)/p+1. The van der Waals surface area contributed by atoms with E-state index in [1.54, 1.807) is 14.0 Å². The lowest BCUT2D eigenvalue weighted by molar-refractivity contribution is -0.739.